The lowest BCUT2D eigenvalue weighted by molar-refractivity contribution is -0.149. The van der Waals surface area contributed by atoms with E-state index in [1.54, 1.807) is 14.2 Å². The van der Waals surface area contributed by atoms with Gasteiger partial charge in [-0.3, -0.25) is 0 Å². The monoisotopic (exact) mass is 432 g/mol. The fourth-order valence-corrected chi connectivity index (χ4v) is 4.04. The molecule has 1 aromatic heterocycles. The molecule has 3 aromatic rings. The summed E-state index contributed by atoms with van der Waals surface area (Å²) in [7, 11) is 3.22. The molecule has 6 heteroatoms. The molecule has 0 aliphatic carbocycles. The predicted octanol–water partition coefficient (Wildman–Crippen LogP) is 4.77. The molecule has 0 atom stereocenters. The first-order valence-corrected chi connectivity index (χ1v) is 10.5. The van der Waals surface area contributed by atoms with E-state index in [-0.39, 0.29) is 0 Å². The number of rotatable bonds is 4. The smallest absolute Gasteiger partial charge is 0.341 e. The highest BCUT2D eigenvalue weighted by atomic mass is 16.6. The van der Waals surface area contributed by atoms with Crippen molar-refractivity contribution >= 4 is 28.6 Å². The summed E-state index contributed by atoms with van der Waals surface area (Å²) in [5.41, 5.74) is 10.2. The molecule has 2 aromatic carbocycles. The summed E-state index contributed by atoms with van der Waals surface area (Å²) in [6, 6.07) is 15.7. The minimum Gasteiger partial charge on any atom is -0.493 e. The van der Waals surface area contributed by atoms with Gasteiger partial charge in [-0.25, -0.2) is 4.79 Å². The van der Waals surface area contributed by atoms with Crippen molar-refractivity contribution < 1.29 is 19.0 Å². The molecule has 0 bridgehead atoms. The Kier molecular flexibility index (Phi) is 5.46. The first-order chi connectivity index (χ1) is 15.2. The van der Waals surface area contributed by atoms with Crippen LogP contribution in [0.1, 0.15) is 32.0 Å². The van der Waals surface area contributed by atoms with E-state index in [1.807, 2.05) is 75.4 Å². The second-order valence-electron chi connectivity index (χ2n) is 8.72. The second-order valence-corrected chi connectivity index (χ2v) is 8.72. The van der Waals surface area contributed by atoms with E-state index in [9.17, 15) is 4.79 Å². The fraction of sp³-hybridized carbons (Fsp3) is 0.269. The third-order valence-corrected chi connectivity index (χ3v) is 5.36. The molecule has 2 heterocycles. The number of methoxy groups -OCH3 is 2. The van der Waals surface area contributed by atoms with Gasteiger partial charge in [0.25, 0.3) is 0 Å². The van der Waals surface area contributed by atoms with Crippen LogP contribution in [0.4, 0.5) is 0 Å². The van der Waals surface area contributed by atoms with Crippen LogP contribution in [0.3, 0.4) is 0 Å². The Morgan fingerprint density at radius 2 is 1.78 bits per heavy atom. The first kappa shape index (κ1) is 21.6. The van der Waals surface area contributed by atoms with Gasteiger partial charge in [0.1, 0.15) is 5.60 Å². The maximum absolute atomic E-state index is 13.2. The zero-order valence-electron chi connectivity index (χ0n) is 19.1. The van der Waals surface area contributed by atoms with Crippen LogP contribution in [-0.2, 0) is 16.1 Å². The molecule has 0 saturated carbocycles. The number of fused-ring (bicyclic) bond motifs is 3. The van der Waals surface area contributed by atoms with Crippen molar-refractivity contribution in [3.63, 3.8) is 0 Å². The van der Waals surface area contributed by atoms with Gasteiger partial charge in [-0.2, -0.15) is 0 Å². The minimum atomic E-state index is -0.636. The van der Waals surface area contributed by atoms with Gasteiger partial charge in [-0.05, 0) is 56.2 Å². The molecule has 0 radical (unpaired) electrons. The standard InChI is InChI=1S/C26H28N2O4/c1-26(2,3)32-25(29)22-17(13-16-9-7-6-8-10-16)15-28-19-11-12-21(30-4)24(31-5)18(19)14-20(28)23(22)27/h6-14H,15,27H2,1-5H3/b17-13+. The number of nitrogens with zero attached hydrogens (tertiary/aromatic N) is 1. The maximum Gasteiger partial charge on any atom is 0.341 e. The van der Waals surface area contributed by atoms with Crippen molar-refractivity contribution in [3.05, 3.63) is 70.9 Å². The highest BCUT2D eigenvalue weighted by Crippen LogP contribution is 2.41. The van der Waals surface area contributed by atoms with E-state index in [2.05, 4.69) is 4.57 Å². The van der Waals surface area contributed by atoms with Crippen LogP contribution >= 0.6 is 0 Å². The van der Waals surface area contributed by atoms with Gasteiger partial charge in [0.2, 0.25) is 0 Å². The molecular weight excluding hydrogens is 404 g/mol. The number of esters is 1. The highest BCUT2D eigenvalue weighted by molar-refractivity contribution is 6.05. The molecular formula is C26H28N2O4. The van der Waals surface area contributed by atoms with Crippen molar-refractivity contribution in [1.82, 2.24) is 4.57 Å². The van der Waals surface area contributed by atoms with E-state index in [0.717, 1.165) is 27.7 Å². The van der Waals surface area contributed by atoms with Gasteiger partial charge >= 0.3 is 5.97 Å². The highest BCUT2D eigenvalue weighted by Gasteiger charge is 2.31. The van der Waals surface area contributed by atoms with Crippen LogP contribution in [0.2, 0.25) is 0 Å². The van der Waals surface area contributed by atoms with Gasteiger partial charge in [-0.1, -0.05) is 30.3 Å². The fourth-order valence-electron chi connectivity index (χ4n) is 4.04. The number of benzene rings is 2. The SMILES string of the molecule is COc1ccc2c(cc3n2C/C(=C\c2ccccc2)C(C(=O)OC(C)(C)C)=C3N)c1OC. The predicted molar refractivity (Wildman–Crippen MR) is 126 cm³/mol. The zero-order valence-corrected chi connectivity index (χ0v) is 19.1. The topological polar surface area (TPSA) is 75.7 Å². The van der Waals surface area contributed by atoms with Crippen LogP contribution in [-0.4, -0.2) is 30.4 Å². The van der Waals surface area contributed by atoms with Gasteiger partial charge in [0.15, 0.2) is 11.5 Å². The summed E-state index contributed by atoms with van der Waals surface area (Å²) in [4.78, 5) is 13.2. The summed E-state index contributed by atoms with van der Waals surface area (Å²) in [5, 5.41) is 0.870. The van der Waals surface area contributed by atoms with Crippen molar-refractivity contribution in [2.75, 3.05) is 14.2 Å². The largest absolute Gasteiger partial charge is 0.493 e. The molecule has 2 N–H and O–H groups in total. The number of ether oxygens (including phenoxy) is 3. The van der Waals surface area contributed by atoms with Gasteiger partial charge in [0.05, 0.1) is 36.7 Å². The van der Waals surface area contributed by atoms with Gasteiger partial charge in [0, 0.05) is 11.9 Å². The van der Waals surface area contributed by atoms with Crippen LogP contribution in [0.15, 0.2) is 59.7 Å². The molecule has 1 aliphatic heterocycles. The van der Waals surface area contributed by atoms with Crippen LogP contribution in [0.5, 0.6) is 11.5 Å². The zero-order chi connectivity index (χ0) is 23.0. The molecule has 1 aliphatic rings. The first-order valence-electron chi connectivity index (χ1n) is 10.5. The number of carbonyl (C=O) groups excluding carboxylic acids is 1. The minimum absolute atomic E-state index is 0.380. The summed E-state index contributed by atoms with van der Waals surface area (Å²) in [5.74, 6) is 0.836. The van der Waals surface area contributed by atoms with E-state index in [4.69, 9.17) is 19.9 Å². The molecule has 0 amide bonds. The van der Waals surface area contributed by atoms with E-state index in [1.165, 1.54) is 0 Å². The van der Waals surface area contributed by atoms with E-state index in [0.29, 0.717) is 29.3 Å². The number of aromatic nitrogens is 1. The molecule has 0 fully saturated rings. The molecule has 0 spiro atoms. The van der Waals surface area contributed by atoms with Crippen LogP contribution in [0.25, 0.3) is 22.7 Å². The van der Waals surface area contributed by atoms with Crippen LogP contribution in [0, 0.1) is 0 Å². The van der Waals surface area contributed by atoms with Gasteiger partial charge < -0.3 is 24.5 Å². The molecule has 6 nitrogen and oxygen atoms in total. The average molecular weight is 433 g/mol. The molecule has 32 heavy (non-hydrogen) atoms. The van der Waals surface area contributed by atoms with Gasteiger partial charge in [-0.15, -0.1) is 0 Å². The maximum atomic E-state index is 13.2. The lowest BCUT2D eigenvalue weighted by Gasteiger charge is -2.26. The lowest BCUT2D eigenvalue weighted by Crippen LogP contribution is -2.29. The van der Waals surface area contributed by atoms with Crippen LogP contribution < -0.4 is 15.2 Å². The Morgan fingerprint density at radius 3 is 2.41 bits per heavy atom. The number of hydrogen-bond donors (Lipinski definition) is 1. The number of carbonyl (C=O) groups is 1. The quantitative estimate of drug-likeness (QED) is 0.601. The Bertz CT molecular complexity index is 1240. The molecule has 4 rings (SSSR count). The second kappa shape index (κ2) is 8.11. The third kappa shape index (κ3) is 3.84. The third-order valence-electron chi connectivity index (χ3n) is 5.36. The number of hydrogen-bond acceptors (Lipinski definition) is 5. The van der Waals surface area contributed by atoms with Crippen molar-refractivity contribution in [2.24, 2.45) is 5.73 Å². The van der Waals surface area contributed by atoms with Crippen molar-refractivity contribution in [1.29, 1.82) is 0 Å². The Labute approximate surface area is 187 Å². The summed E-state index contributed by atoms with van der Waals surface area (Å²) in [6.07, 6.45) is 1.99. The lowest BCUT2D eigenvalue weighted by atomic mass is 9.96. The van der Waals surface area contributed by atoms with E-state index < -0.39 is 11.6 Å². The summed E-state index contributed by atoms with van der Waals surface area (Å²) >= 11 is 0. The average Bonchev–Trinajstić information content (AvgIpc) is 3.11. The normalized spacial score (nSPS) is 15.1. The Hall–Kier alpha value is -3.67. The van der Waals surface area contributed by atoms with E-state index >= 15 is 0 Å². The summed E-state index contributed by atoms with van der Waals surface area (Å²) < 4.78 is 18.9. The molecule has 0 saturated heterocycles. The Morgan fingerprint density at radius 1 is 1.06 bits per heavy atom. The summed E-state index contributed by atoms with van der Waals surface area (Å²) in [6.45, 7) is 6.01. The van der Waals surface area contributed by atoms with Crippen molar-refractivity contribution in [2.45, 2.75) is 32.9 Å². The number of nitrogens with two attached hydrogens (primary N) is 1. The van der Waals surface area contributed by atoms with Crippen molar-refractivity contribution in [3.8, 4) is 11.5 Å². The Balaban J connectivity index is 1.95. The molecule has 0 unspecified atom stereocenters. The molecule has 166 valence electrons.